The molecule has 204 valence electrons. The van der Waals surface area contributed by atoms with Crippen molar-refractivity contribution < 1.29 is 9.59 Å². The van der Waals surface area contributed by atoms with Crippen LogP contribution >= 0.6 is 11.6 Å². The Kier molecular flexibility index (Phi) is 10.8. The summed E-state index contributed by atoms with van der Waals surface area (Å²) >= 11 is 5.94. The van der Waals surface area contributed by atoms with Gasteiger partial charge in [0, 0.05) is 49.2 Å². The van der Waals surface area contributed by atoms with E-state index in [-0.39, 0.29) is 23.9 Å². The smallest absolute Gasteiger partial charge is 0.244 e. The first-order chi connectivity index (χ1) is 18.5. The first-order valence-corrected chi connectivity index (χ1v) is 14.4. The van der Waals surface area contributed by atoms with Crippen LogP contribution in [0.1, 0.15) is 56.1 Å². The van der Waals surface area contributed by atoms with Gasteiger partial charge in [0.2, 0.25) is 11.8 Å². The van der Waals surface area contributed by atoms with Crippen LogP contribution in [0.15, 0.2) is 60.7 Å². The van der Waals surface area contributed by atoms with E-state index in [9.17, 15) is 9.59 Å². The third-order valence-electron chi connectivity index (χ3n) is 7.75. The van der Waals surface area contributed by atoms with Crippen LogP contribution in [0.25, 0.3) is 6.08 Å². The van der Waals surface area contributed by atoms with Crippen molar-refractivity contribution in [1.29, 1.82) is 0 Å². The number of carbonyl (C=O) groups excluding carboxylic acids is 2. The number of carbonyl (C=O) groups is 2. The van der Waals surface area contributed by atoms with Gasteiger partial charge in [0.05, 0.1) is 6.04 Å². The molecule has 0 saturated carbocycles. The monoisotopic (exact) mass is 536 g/mol. The lowest BCUT2D eigenvalue weighted by Gasteiger charge is -2.29. The van der Waals surface area contributed by atoms with E-state index >= 15 is 0 Å². The Balaban J connectivity index is 1.38. The molecule has 0 spiro atoms. The summed E-state index contributed by atoms with van der Waals surface area (Å²) < 4.78 is 0. The molecule has 4 rings (SSSR count). The van der Waals surface area contributed by atoms with Gasteiger partial charge in [0.15, 0.2) is 0 Å². The number of nitrogens with zero attached hydrogens (tertiary/aromatic N) is 2. The molecule has 2 aliphatic rings. The number of likely N-dealkylation sites (tertiary alicyclic amines) is 1. The van der Waals surface area contributed by atoms with Crippen LogP contribution < -0.4 is 10.6 Å². The quantitative estimate of drug-likeness (QED) is 0.408. The summed E-state index contributed by atoms with van der Waals surface area (Å²) in [4.78, 5) is 30.8. The average Bonchev–Trinajstić information content (AvgIpc) is 3.42. The lowest BCUT2D eigenvalue weighted by Crippen LogP contribution is -2.50. The largest absolute Gasteiger partial charge is 0.351 e. The molecule has 6 nitrogen and oxygen atoms in total. The zero-order chi connectivity index (χ0) is 26.7. The zero-order valence-corrected chi connectivity index (χ0v) is 23.2. The van der Waals surface area contributed by atoms with E-state index in [0.29, 0.717) is 24.0 Å². The molecule has 0 bridgehead atoms. The Morgan fingerprint density at radius 3 is 2.55 bits per heavy atom. The third-order valence-corrected chi connectivity index (χ3v) is 8.00. The average molecular weight is 537 g/mol. The highest BCUT2D eigenvalue weighted by Gasteiger charge is 2.32. The summed E-state index contributed by atoms with van der Waals surface area (Å²) in [6, 6.07) is 17.7. The van der Waals surface area contributed by atoms with Crippen molar-refractivity contribution in [2.45, 2.75) is 57.0 Å². The molecule has 3 atom stereocenters. The second kappa shape index (κ2) is 14.5. The third kappa shape index (κ3) is 8.42. The topological polar surface area (TPSA) is 64.7 Å². The van der Waals surface area contributed by atoms with E-state index in [4.69, 9.17) is 11.6 Å². The molecule has 2 aliphatic heterocycles. The second-order valence-electron chi connectivity index (χ2n) is 10.5. The first-order valence-electron chi connectivity index (χ1n) is 14.1. The summed E-state index contributed by atoms with van der Waals surface area (Å²) in [5.74, 6) is 0.363. The molecule has 2 N–H and O–H groups in total. The number of amides is 2. The number of rotatable bonds is 11. The molecular weight excluding hydrogens is 496 g/mol. The SMILES string of the molecule is CC[C@H](CN1CC[C@@H](CNC(=O)/C=C/c2ccc(Cl)cc2)N[C@@H](CCN2CCCC2)C1=O)c1ccccc1. The summed E-state index contributed by atoms with van der Waals surface area (Å²) in [5, 5.41) is 7.32. The number of benzene rings is 2. The number of hydrogen-bond donors (Lipinski definition) is 2. The van der Waals surface area contributed by atoms with Crippen molar-refractivity contribution >= 4 is 29.5 Å². The molecule has 0 aliphatic carbocycles. The molecule has 2 aromatic carbocycles. The number of halogens is 1. The Hall–Kier alpha value is -2.67. The predicted molar refractivity (Wildman–Crippen MR) is 155 cm³/mol. The Morgan fingerprint density at radius 2 is 1.84 bits per heavy atom. The minimum atomic E-state index is -0.238. The van der Waals surface area contributed by atoms with E-state index in [2.05, 4.69) is 51.6 Å². The van der Waals surface area contributed by atoms with Gasteiger partial charge in [0.25, 0.3) is 0 Å². The lowest BCUT2D eigenvalue weighted by atomic mass is 9.95. The number of nitrogens with one attached hydrogen (secondary N) is 2. The maximum Gasteiger partial charge on any atom is 0.244 e. The Bertz CT molecular complexity index is 1050. The van der Waals surface area contributed by atoms with Crippen LogP contribution in [0, 0.1) is 0 Å². The second-order valence-corrected chi connectivity index (χ2v) is 10.9. The highest BCUT2D eigenvalue weighted by molar-refractivity contribution is 6.30. The molecule has 2 saturated heterocycles. The minimum Gasteiger partial charge on any atom is -0.351 e. The van der Waals surface area contributed by atoms with Crippen molar-refractivity contribution in [3.63, 3.8) is 0 Å². The van der Waals surface area contributed by atoms with Gasteiger partial charge in [-0.05, 0) is 74.5 Å². The highest BCUT2D eigenvalue weighted by Crippen LogP contribution is 2.23. The minimum absolute atomic E-state index is 0.0391. The predicted octanol–water partition coefficient (Wildman–Crippen LogP) is 4.71. The Morgan fingerprint density at radius 1 is 1.11 bits per heavy atom. The van der Waals surface area contributed by atoms with E-state index in [1.807, 2.05) is 18.2 Å². The van der Waals surface area contributed by atoms with Crippen LogP contribution in [0.3, 0.4) is 0 Å². The molecule has 2 aromatic rings. The van der Waals surface area contributed by atoms with E-state index < -0.39 is 0 Å². The Labute approximate surface area is 232 Å². The fraction of sp³-hybridized carbons (Fsp3) is 0.484. The van der Waals surface area contributed by atoms with Gasteiger partial charge in [-0.3, -0.25) is 9.59 Å². The van der Waals surface area contributed by atoms with E-state index in [1.54, 1.807) is 24.3 Å². The van der Waals surface area contributed by atoms with E-state index in [1.165, 1.54) is 18.4 Å². The van der Waals surface area contributed by atoms with Gasteiger partial charge in [-0.2, -0.15) is 0 Å². The normalized spacial score (nSPS) is 21.5. The molecular formula is C31H41ClN4O2. The summed E-state index contributed by atoms with van der Waals surface area (Å²) in [6.07, 6.45) is 8.39. The summed E-state index contributed by atoms with van der Waals surface area (Å²) in [5.41, 5.74) is 2.20. The van der Waals surface area contributed by atoms with Gasteiger partial charge in [0.1, 0.15) is 0 Å². The molecule has 2 fully saturated rings. The molecule has 0 aromatic heterocycles. The van der Waals surface area contributed by atoms with Gasteiger partial charge in [-0.25, -0.2) is 0 Å². The van der Waals surface area contributed by atoms with Crippen molar-refractivity contribution in [3.05, 3.63) is 76.8 Å². The van der Waals surface area contributed by atoms with Gasteiger partial charge >= 0.3 is 0 Å². The van der Waals surface area contributed by atoms with Crippen molar-refractivity contribution in [3.8, 4) is 0 Å². The molecule has 7 heteroatoms. The maximum atomic E-state index is 13.7. The first kappa shape index (κ1) is 28.3. The molecule has 2 amide bonds. The lowest BCUT2D eigenvalue weighted by molar-refractivity contribution is -0.133. The molecule has 2 heterocycles. The fourth-order valence-corrected chi connectivity index (χ4v) is 5.56. The van der Waals surface area contributed by atoms with Gasteiger partial charge in [-0.1, -0.05) is 61.0 Å². The van der Waals surface area contributed by atoms with E-state index in [0.717, 1.165) is 51.0 Å². The van der Waals surface area contributed by atoms with Crippen LogP contribution in [-0.2, 0) is 9.59 Å². The van der Waals surface area contributed by atoms with Crippen LogP contribution in [0.5, 0.6) is 0 Å². The van der Waals surface area contributed by atoms with Crippen molar-refractivity contribution in [2.24, 2.45) is 0 Å². The van der Waals surface area contributed by atoms with Crippen LogP contribution in [-0.4, -0.2) is 73.0 Å². The van der Waals surface area contributed by atoms with Gasteiger partial charge in [-0.15, -0.1) is 0 Å². The summed E-state index contributed by atoms with van der Waals surface area (Å²) in [7, 11) is 0. The van der Waals surface area contributed by atoms with Crippen LogP contribution in [0.4, 0.5) is 0 Å². The van der Waals surface area contributed by atoms with Crippen molar-refractivity contribution in [1.82, 2.24) is 20.4 Å². The zero-order valence-electron chi connectivity index (χ0n) is 22.4. The highest BCUT2D eigenvalue weighted by atomic mass is 35.5. The molecule has 0 unspecified atom stereocenters. The number of hydrogen-bond acceptors (Lipinski definition) is 4. The molecule has 0 radical (unpaired) electrons. The maximum absolute atomic E-state index is 13.7. The standard InChI is InChI=1S/C31H41ClN4O2/c1-2-25(26-8-4-3-5-9-26)23-36-21-16-28(34-29(31(36)38)17-20-35-18-6-7-19-35)22-33-30(37)15-12-24-10-13-27(32)14-11-24/h3-5,8-15,25,28-29,34H,2,6-7,16-23H2,1H3,(H,33,37)/b15-12+/t25-,28+,29+/m1/s1. The van der Waals surface area contributed by atoms with Gasteiger partial charge < -0.3 is 20.4 Å². The molecule has 38 heavy (non-hydrogen) atoms. The fourth-order valence-electron chi connectivity index (χ4n) is 5.44. The summed E-state index contributed by atoms with van der Waals surface area (Å²) in [6.45, 7) is 7.27. The van der Waals surface area contributed by atoms with Crippen molar-refractivity contribution in [2.75, 3.05) is 39.3 Å². The van der Waals surface area contributed by atoms with Crippen LogP contribution in [0.2, 0.25) is 5.02 Å².